The van der Waals surface area contributed by atoms with E-state index in [-0.39, 0.29) is 23.9 Å². The van der Waals surface area contributed by atoms with Crippen molar-refractivity contribution in [3.63, 3.8) is 0 Å². The van der Waals surface area contributed by atoms with Gasteiger partial charge < -0.3 is 20.1 Å². The molecule has 0 radical (unpaired) electrons. The molecule has 1 aromatic rings. The number of hydrogen-bond acceptors (Lipinski definition) is 5. The molecule has 7 nitrogen and oxygen atoms in total. The fraction of sp³-hybridized carbons (Fsp3) is 0.600. The maximum absolute atomic E-state index is 12.5. The van der Waals surface area contributed by atoms with E-state index in [1.807, 2.05) is 20.9 Å². The summed E-state index contributed by atoms with van der Waals surface area (Å²) in [6, 6.07) is 5.69. The van der Waals surface area contributed by atoms with Crippen molar-refractivity contribution in [1.29, 1.82) is 0 Å². The molecular formula is C20H31N3O4. The summed E-state index contributed by atoms with van der Waals surface area (Å²) >= 11 is 0. The SMILES string of the molecule is CCOc1ccc(C(=O)NC[C@@H]2CC[C@H](CC(=O)NC)N2C)cc1OCC. The van der Waals surface area contributed by atoms with Gasteiger partial charge in [0.05, 0.1) is 13.2 Å². The van der Waals surface area contributed by atoms with Crippen LogP contribution in [0, 0.1) is 0 Å². The molecule has 27 heavy (non-hydrogen) atoms. The fourth-order valence-electron chi connectivity index (χ4n) is 3.40. The molecule has 1 aromatic carbocycles. The van der Waals surface area contributed by atoms with E-state index in [2.05, 4.69) is 15.5 Å². The van der Waals surface area contributed by atoms with Gasteiger partial charge in [0.15, 0.2) is 11.5 Å². The molecule has 2 amide bonds. The number of hydrogen-bond donors (Lipinski definition) is 2. The van der Waals surface area contributed by atoms with Crippen LogP contribution in [0.5, 0.6) is 11.5 Å². The summed E-state index contributed by atoms with van der Waals surface area (Å²) in [7, 11) is 3.67. The molecule has 0 aliphatic carbocycles. The van der Waals surface area contributed by atoms with Crippen LogP contribution in [-0.2, 0) is 4.79 Å². The van der Waals surface area contributed by atoms with Crippen LogP contribution in [0.1, 0.15) is 43.5 Å². The molecular weight excluding hydrogens is 346 g/mol. The summed E-state index contributed by atoms with van der Waals surface area (Å²) < 4.78 is 11.1. The zero-order valence-electron chi connectivity index (χ0n) is 16.7. The van der Waals surface area contributed by atoms with Crippen LogP contribution in [0.2, 0.25) is 0 Å². The van der Waals surface area contributed by atoms with Crippen molar-refractivity contribution in [2.45, 2.75) is 45.2 Å². The van der Waals surface area contributed by atoms with Gasteiger partial charge in [-0.25, -0.2) is 0 Å². The molecule has 1 heterocycles. The van der Waals surface area contributed by atoms with Gasteiger partial charge in [-0.15, -0.1) is 0 Å². The van der Waals surface area contributed by atoms with Crippen LogP contribution in [0.4, 0.5) is 0 Å². The highest BCUT2D eigenvalue weighted by molar-refractivity contribution is 5.94. The van der Waals surface area contributed by atoms with E-state index in [0.29, 0.717) is 43.2 Å². The number of carbonyl (C=O) groups is 2. The third-order valence-electron chi connectivity index (χ3n) is 4.99. The van der Waals surface area contributed by atoms with Gasteiger partial charge >= 0.3 is 0 Å². The van der Waals surface area contributed by atoms with E-state index in [4.69, 9.17) is 9.47 Å². The molecule has 0 bridgehead atoms. The first-order chi connectivity index (χ1) is 13.0. The van der Waals surface area contributed by atoms with Crippen LogP contribution < -0.4 is 20.1 Å². The Bertz CT molecular complexity index is 650. The maximum Gasteiger partial charge on any atom is 0.251 e. The summed E-state index contributed by atoms with van der Waals surface area (Å²) in [6.07, 6.45) is 2.42. The second-order valence-corrected chi connectivity index (χ2v) is 6.67. The molecule has 0 spiro atoms. The maximum atomic E-state index is 12.5. The van der Waals surface area contributed by atoms with Gasteiger partial charge in [0.2, 0.25) is 5.91 Å². The largest absolute Gasteiger partial charge is 0.490 e. The number of ether oxygens (including phenoxy) is 2. The molecule has 1 saturated heterocycles. The minimum absolute atomic E-state index is 0.0503. The first kappa shape index (κ1) is 21.0. The number of likely N-dealkylation sites (tertiary alicyclic amines) is 1. The first-order valence-corrected chi connectivity index (χ1v) is 9.60. The summed E-state index contributed by atoms with van der Waals surface area (Å²) in [5.74, 6) is 1.13. The number of carbonyl (C=O) groups excluding carboxylic acids is 2. The summed E-state index contributed by atoms with van der Waals surface area (Å²) in [5.41, 5.74) is 0.546. The normalized spacial score (nSPS) is 19.6. The minimum atomic E-state index is -0.137. The van der Waals surface area contributed by atoms with E-state index in [9.17, 15) is 9.59 Å². The minimum Gasteiger partial charge on any atom is -0.490 e. The van der Waals surface area contributed by atoms with E-state index in [1.165, 1.54) is 0 Å². The zero-order valence-corrected chi connectivity index (χ0v) is 16.7. The Morgan fingerprint density at radius 1 is 1.11 bits per heavy atom. The van der Waals surface area contributed by atoms with Crippen molar-refractivity contribution in [3.8, 4) is 11.5 Å². The lowest BCUT2D eigenvalue weighted by Crippen LogP contribution is -2.42. The number of nitrogens with one attached hydrogen (secondary N) is 2. The van der Waals surface area contributed by atoms with E-state index >= 15 is 0 Å². The monoisotopic (exact) mass is 377 g/mol. The highest BCUT2D eigenvalue weighted by Crippen LogP contribution is 2.29. The molecule has 1 fully saturated rings. The Kier molecular flexibility index (Phi) is 7.91. The van der Waals surface area contributed by atoms with Crippen molar-refractivity contribution in [1.82, 2.24) is 15.5 Å². The molecule has 2 rings (SSSR count). The highest BCUT2D eigenvalue weighted by Gasteiger charge is 2.31. The van der Waals surface area contributed by atoms with Crippen LogP contribution in [0.3, 0.4) is 0 Å². The Hall–Kier alpha value is -2.28. The van der Waals surface area contributed by atoms with Gasteiger partial charge in [-0.05, 0) is 51.9 Å². The standard InChI is InChI=1S/C20H31N3O4/c1-5-26-17-10-7-14(11-18(17)27-6-2)20(25)22-13-16-9-8-15(23(16)4)12-19(24)21-3/h7,10-11,15-16H,5-6,8-9,12-13H2,1-4H3,(H,21,24)(H,22,25)/t15-,16+/m1/s1. The Balaban J connectivity index is 1.93. The number of rotatable bonds is 9. The average molecular weight is 377 g/mol. The molecule has 1 aliphatic rings. The molecule has 0 unspecified atom stereocenters. The first-order valence-electron chi connectivity index (χ1n) is 9.60. The van der Waals surface area contributed by atoms with Crippen molar-refractivity contribution in [3.05, 3.63) is 23.8 Å². The van der Waals surface area contributed by atoms with Crippen molar-refractivity contribution in [2.24, 2.45) is 0 Å². The quantitative estimate of drug-likeness (QED) is 0.686. The van der Waals surface area contributed by atoms with Gasteiger partial charge in [0, 0.05) is 37.7 Å². The van der Waals surface area contributed by atoms with E-state index in [0.717, 1.165) is 12.8 Å². The third kappa shape index (κ3) is 5.60. The summed E-state index contributed by atoms with van der Waals surface area (Å²) in [6.45, 7) is 5.40. The van der Waals surface area contributed by atoms with Crippen LogP contribution >= 0.6 is 0 Å². The fourth-order valence-corrected chi connectivity index (χ4v) is 3.40. The topological polar surface area (TPSA) is 79.9 Å². The zero-order chi connectivity index (χ0) is 19.8. The summed E-state index contributed by atoms with van der Waals surface area (Å²) in [5, 5.41) is 5.67. The van der Waals surface area contributed by atoms with Gasteiger partial charge in [0.1, 0.15) is 0 Å². The molecule has 1 aliphatic heterocycles. The van der Waals surface area contributed by atoms with Crippen LogP contribution in [-0.4, -0.2) is 62.7 Å². The van der Waals surface area contributed by atoms with Crippen LogP contribution in [0.25, 0.3) is 0 Å². The number of amides is 2. The second-order valence-electron chi connectivity index (χ2n) is 6.67. The Labute approximate surface area is 161 Å². The molecule has 2 N–H and O–H groups in total. The predicted molar refractivity (Wildman–Crippen MR) is 104 cm³/mol. The molecule has 2 atom stereocenters. The predicted octanol–water partition coefficient (Wildman–Crippen LogP) is 1.81. The lowest BCUT2D eigenvalue weighted by atomic mass is 10.1. The van der Waals surface area contributed by atoms with Gasteiger partial charge in [-0.2, -0.15) is 0 Å². The molecule has 150 valence electrons. The average Bonchev–Trinajstić information content (AvgIpc) is 3.01. The van der Waals surface area contributed by atoms with Gasteiger partial charge in [-0.1, -0.05) is 0 Å². The van der Waals surface area contributed by atoms with Gasteiger partial charge in [-0.3, -0.25) is 14.5 Å². The number of nitrogens with zero attached hydrogens (tertiary/aromatic N) is 1. The molecule has 7 heteroatoms. The number of benzene rings is 1. The third-order valence-corrected chi connectivity index (χ3v) is 4.99. The smallest absolute Gasteiger partial charge is 0.251 e. The van der Waals surface area contributed by atoms with Crippen molar-refractivity contribution in [2.75, 3.05) is 33.9 Å². The summed E-state index contributed by atoms with van der Waals surface area (Å²) in [4.78, 5) is 26.3. The number of likely N-dealkylation sites (N-methyl/N-ethyl adjacent to an activating group) is 1. The molecule has 0 saturated carbocycles. The lowest BCUT2D eigenvalue weighted by molar-refractivity contribution is -0.121. The van der Waals surface area contributed by atoms with E-state index in [1.54, 1.807) is 25.2 Å². The highest BCUT2D eigenvalue weighted by atomic mass is 16.5. The van der Waals surface area contributed by atoms with E-state index < -0.39 is 0 Å². The Morgan fingerprint density at radius 2 is 1.78 bits per heavy atom. The molecule has 0 aromatic heterocycles. The second kappa shape index (κ2) is 10.2. The van der Waals surface area contributed by atoms with Gasteiger partial charge in [0.25, 0.3) is 5.91 Å². The Morgan fingerprint density at radius 3 is 2.44 bits per heavy atom. The van der Waals surface area contributed by atoms with Crippen LogP contribution in [0.15, 0.2) is 18.2 Å². The van der Waals surface area contributed by atoms with Crippen molar-refractivity contribution >= 4 is 11.8 Å². The van der Waals surface area contributed by atoms with Crippen molar-refractivity contribution < 1.29 is 19.1 Å². The lowest BCUT2D eigenvalue weighted by Gasteiger charge is -2.25.